The van der Waals surface area contributed by atoms with Crippen molar-refractivity contribution >= 4 is 40.6 Å². The number of ether oxygens (including phenoxy) is 4. The summed E-state index contributed by atoms with van der Waals surface area (Å²) in [7, 11) is 1.28. The second-order valence-corrected chi connectivity index (χ2v) is 11.0. The van der Waals surface area contributed by atoms with Gasteiger partial charge < -0.3 is 34.7 Å². The Bertz CT molecular complexity index is 1820. The molecule has 0 aromatic heterocycles. The minimum absolute atomic E-state index is 0.173. The van der Waals surface area contributed by atoms with Crippen LogP contribution in [0, 0.1) is 0 Å². The molecular formula is C35H35ClN4O7. The fourth-order valence-electron chi connectivity index (χ4n) is 5.14. The number of amides is 2. The van der Waals surface area contributed by atoms with Crippen LogP contribution in [0.5, 0.6) is 17.2 Å². The predicted octanol–water partition coefficient (Wildman–Crippen LogP) is 5.59. The van der Waals surface area contributed by atoms with Crippen LogP contribution < -0.4 is 30.3 Å². The number of aliphatic hydroxyl groups excluding tert-OH is 1. The Balaban J connectivity index is 1.23. The summed E-state index contributed by atoms with van der Waals surface area (Å²) in [5, 5.41) is 22.8. The fraction of sp³-hybridized carbons (Fsp3) is 0.229. The number of carbonyl (C=O) groups is 2. The number of hydrogen-bond donors (Lipinski definition) is 4. The van der Waals surface area contributed by atoms with Crippen molar-refractivity contribution in [3.63, 3.8) is 0 Å². The van der Waals surface area contributed by atoms with E-state index in [0.29, 0.717) is 52.3 Å². The van der Waals surface area contributed by atoms with E-state index in [9.17, 15) is 14.7 Å². The average Bonchev–Trinajstić information content (AvgIpc) is 3.06. The van der Waals surface area contributed by atoms with Crippen LogP contribution >= 0.6 is 11.6 Å². The Morgan fingerprint density at radius 1 is 1.02 bits per heavy atom. The van der Waals surface area contributed by atoms with Gasteiger partial charge in [0.2, 0.25) is 0 Å². The molecule has 0 aliphatic carbocycles. The van der Waals surface area contributed by atoms with Crippen LogP contribution in [-0.4, -0.2) is 49.9 Å². The Hall–Kier alpha value is -5.26. The van der Waals surface area contributed by atoms with Crippen LogP contribution in [0.25, 0.3) is 10.8 Å². The maximum Gasteiger partial charge on any atom is 0.337 e. The molecular weight excluding hydrogens is 624 g/mol. The van der Waals surface area contributed by atoms with Crippen LogP contribution in [-0.2, 0) is 16.1 Å². The number of esters is 1. The van der Waals surface area contributed by atoms with Gasteiger partial charge in [-0.05, 0) is 66.1 Å². The van der Waals surface area contributed by atoms with E-state index >= 15 is 0 Å². The van der Waals surface area contributed by atoms with Gasteiger partial charge in [-0.2, -0.15) is 5.10 Å². The number of aliphatic hydroxyl groups is 1. The molecule has 0 fully saturated rings. The number of hydrogen-bond acceptors (Lipinski definition) is 9. The van der Waals surface area contributed by atoms with Gasteiger partial charge in [0.25, 0.3) is 0 Å². The van der Waals surface area contributed by atoms with Gasteiger partial charge in [-0.15, -0.1) is 0 Å². The molecule has 1 aliphatic heterocycles. The second-order valence-electron chi connectivity index (χ2n) is 10.5. The topological polar surface area (TPSA) is 140 Å². The van der Waals surface area contributed by atoms with Gasteiger partial charge >= 0.3 is 12.0 Å². The average molecular weight is 659 g/mol. The molecule has 1 aliphatic rings. The molecule has 244 valence electrons. The van der Waals surface area contributed by atoms with E-state index < -0.39 is 24.3 Å². The van der Waals surface area contributed by atoms with Gasteiger partial charge in [-0.3, -0.25) is 5.43 Å². The molecule has 47 heavy (non-hydrogen) atoms. The summed E-state index contributed by atoms with van der Waals surface area (Å²) in [6.07, 6.45) is 0.329. The number of rotatable bonds is 13. The largest absolute Gasteiger partial charge is 0.490 e. The quantitative estimate of drug-likeness (QED) is 0.0631. The van der Waals surface area contributed by atoms with Crippen molar-refractivity contribution in [1.29, 1.82) is 0 Å². The molecule has 4 aromatic rings. The third-order valence-corrected chi connectivity index (χ3v) is 7.57. The Kier molecular flexibility index (Phi) is 10.8. The van der Waals surface area contributed by atoms with Crippen molar-refractivity contribution < 1.29 is 33.6 Å². The zero-order chi connectivity index (χ0) is 33.3. The minimum Gasteiger partial charge on any atom is -0.490 e. The molecule has 11 nitrogen and oxygen atoms in total. The lowest BCUT2D eigenvalue weighted by Crippen LogP contribution is -2.45. The Morgan fingerprint density at radius 3 is 2.62 bits per heavy atom. The monoisotopic (exact) mass is 658 g/mol. The van der Waals surface area contributed by atoms with Crippen LogP contribution in [0.3, 0.4) is 0 Å². The van der Waals surface area contributed by atoms with Crippen LogP contribution in [0.15, 0.2) is 95.2 Å². The molecule has 0 bridgehead atoms. The molecule has 5 rings (SSSR count). The van der Waals surface area contributed by atoms with Crippen molar-refractivity contribution in [2.45, 2.75) is 32.7 Å². The lowest BCUT2D eigenvalue weighted by molar-refractivity contribution is -0.136. The summed E-state index contributed by atoms with van der Waals surface area (Å²) in [5.74, 6) is 0.710. The molecule has 1 heterocycles. The minimum atomic E-state index is -1.18. The van der Waals surface area contributed by atoms with Crippen LogP contribution in [0.1, 0.15) is 36.6 Å². The summed E-state index contributed by atoms with van der Waals surface area (Å²) < 4.78 is 22.7. The zero-order valence-electron chi connectivity index (χ0n) is 26.1. The highest BCUT2D eigenvalue weighted by Gasteiger charge is 2.32. The molecule has 2 atom stereocenters. The highest BCUT2D eigenvalue weighted by molar-refractivity contribution is 6.30. The van der Waals surface area contributed by atoms with Gasteiger partial charge in [-0.1, -0.05) is 60.1 Å². The molecule has 4 aromatic carbocycles. The molecule has 4 N–H and O–H groups in total. The summed E-state index contributed by atoms with van der Waals surface area (Å²) in [6.45, 7) is 3.94. The Morgan fingerprint density at radius 2 is 1.81 bits per heavy atom. The maximum absolute atomic E-state index is 12.5. The highest BCUT2D eigenvalue weighted by Crippen LogP contribution is 2.35. The first-order chi connectivity index (χ1) is 22.8. The van der Waals surface area contributed by atoms with Crippen molar-refractivity contribution in [2.24, 2.45) is 5.10 Å². The Labute approximate surface area is 277 Å². The van der Waals surface area contributed by atoms with Crippen LogP contribution in [0.4, 0.5) is 4.79 Å². The van der Waals surface area contributed by atoms with Gasteiger partial charge in [0.15, 0.2) is 17.7 Å². The normalized spacial score (nSPS) is 15.2. The number of nitrogens with one attached hydrogen (secondary N) is 3. The second kappa shape index (κ2) is 15.4. The van der Waals surface area contributed by atoms with Crippen molar-refractivity contribution in [3.8, 4) is 17.2 Å². The van der Waals surface area contributed by atoms with Gasteiger partial charge in [0, 0.05) is 16.3 Å². The number of methoxy groups -OCH3 is 1. The van der Waals surface area contributed by atoms with E-state index in [1.807, 2.05) is 31.2 Å². The van der Waals surface area contributed by atoms with Crippen molar-refractivity contribution in [2.75, 3.05) is 20.3 Å². The third kappa shape index (κ3) is 8.13. The molecule has 0 spiro atoms. The number of hydrazone groups is 1. The zero-order valence-corrected chi connectivity index (χ0v) is 26.8. The highest BCUT2D eigenvalue weighted by atomic mass is 35.5. The predicted molar refractivity (Wildman–Crippen MR) is 179 cm³/mol. The number of urea groups is 1. The van der Waals surface area contributed by atoms with Gasteiger partial charge in [0.05, 0.1) is 31.5 Å². The van der Waals surface area contributed by atoms with E-state index in [0.717, 1.165) is 16.3 Å². The molecule has 2 amide bonds. The lowest BCUT2D eigenvalue weighted by atomic mass is 9.95. The van der Waals surface area contributed by atoms with E-state index in [1.54, 1.807) is 43.3 Å². The lowest BCUT2D eigenvalue weighted by Gasteiger charge is -2.28. The van der Waals surface area contributed by atoms with E-state index in [-0.39, 0.29) is 12.2 Å². The van der Waals surface area contributed by atoms with Crippen LogP contribution in [0.2, 0.25) is 5.02 Å². The molecule has 0 radical (unpaired) electrons. The first kappa shape index (κ1) is 33.1. The van der Waals surface area contributed by atoms with E-state index in [2.05, 4.69) is 39.4 Å². The molecule has 0 unspecified atom stereocenters. The summed E-state index contributed by atoms with van der Waals surface area (Å²) in [4.78, 5) is 24.7. The van der Waals surface area contributed by atoms with E-state index in [1.165, 1.54) is 13.3 Å². The third-order valence-electron chi connectivity index (χ3n) is 7.33. The van der Waals surface area contributed by atoms with Crippen molar-refractivity contribution in [1.82, 2.24) is 16.1 Å². The number of carbonyl (C=O) groups excluding carboxylic acids is 2. The van der Waals surface area contributed by atoms with E-state index in [4.69, 9.17) is 30.5 Å². The molecule has 0 saturated carbocycles. The van der Waals surface area contributed by atoms with Crippen molar-refractivity contribution in [3.05, 3.63) is 112 Å². The standard InChI is InChI=1S/C35H35ClN4O7/c1-4-45-30-17-23(33-32(34(42)44-3)21(2)38-35(43)39-33)12-14-29(30)47-20-31(41)40-37-18-25-16-26(36)13-15-28(25)46-19-24-10-7-9-22-8-5-6-11-27(22)24/h5-18,31,33,40-41H,4,19-20H2,1-3H3,(H2,38,39,43)/b37-18+/t31-,33+/m1/s1. The molecule has 0 saturated heterocycles. The maximum atomic E-state index is 12.5. The SMILES string of the molecule is CCOc1cc([C@@H]2NC(=O)NC(C)=C2C(=O)OC)ccc1OC[C@@H](O)N/N=C/c1cc(Cl)ccc1OCc1cccc2ccccc12. The first-order valence-electron chi connectivity index (χ1n) is 14.9. The number of nitrogens with zero attached hydrogens (tertiary/aromatic N) is 1. The number of allylic oxidation sites excluding steroid dienone is 1. The van der Waals surface area contributed by atoms with Gasteiger partial charge in [0.1, 0.15) is 19.0 Å². The fourth-order valence-corrected chi connectivity index (χ4v) is 5.32. The number of fused-ring (bicyclic) bond motifs is 1. The summed E-state index contributed by atoms with van der Waals surface area (Å²) >= 11 is 6.25. The first-order valence-corrected chi connectivity index (χ1v) is 15.3. The van der Waals surface area contributed by atoms with Gasteiger partial charge in [-0.25, -0.2) is 9.59 Å². The summed E-state index contributed by atoms with van der Waals surface area (Å²) in [6, 6.07) is 23.2. The summed E-state index contributed by atoms with van der Waals surface area (Å²) in [5.41, 5.74) is 5.54. The number of halogens is 1. The number of benzene rings is 4. The smallest absolute Gasteiger partial charge is 0.337 e. The molecule has 12 heteroatoms.